The third kappa shape index (κ3) is 1.68. The second-order valence-corrected chi connectivity index (χ2v) is 3.59. The van der Waals surface area contributed by atoms with Gasteiger partial charge in [-0.25, -0.2) is 0 Å². The molecule has 0 bridgehead atoms. The van der Waals surface area contributed by atoms with Gasteiger partial charge in [0.15, 0.2) is 9.48 Å². The SMILES string of the molecule is CC(=O)c1oc(I)nc1I. The molecule has 10 heavy (non-hydrogen) atoms. The van der Waals surface area contributed by atoms with E-state index in [-0.39, 0.29) is 5.78 Å². The maximum atomic E-state index is 10.7. The zero-order valence-corrected chi connectivity index (χ0v) is 9.33. The summed E-state index contributed by atoms with van der Waals surface area (Å²) in [6.45, 7) is 1.46. The molecule has 1 aromatic heterocycles. The number of nitrogens with zero attached hydrogens (tertiary/aromatic N) is 1. The number of Topliss-reactive ketones (excluding diaryl/α,β-unsaturated/α-hetero) is 1. The van der Waals surface area contributed by atoms with Crippen LogP contribution in [-0.4, -0.2) is 10.8 Å². The second-order valence-electron chi connectivity index (χ2n) is 1.64. The predicted octanol–water partition coefficient (Wildman–Crippen LogP) is 2.09. The van der Waals surface area contributed by atoms with Gasteiger partial charge in [0.1, 0.15) is 0 Å². The van der Waals surface area contributed by atoms with Crippen LogP contribution in [0, 0.1) is 7.60 Å². The quantitative estimate of drug-likeness (QED) is 0.567. The van der Waals surface area contributed by atoms with Gasteiger partial charge in [-0.2, -0.15) is 4.98 Å². The first-order valence-electron chi connectivity index (χ1n) is 2.44. The van der Waals surface area contributed by atoms with E-state index < -0.39 is 0 Å². The summed E-state index contributed by atoms with van der Waals surface area (Å²) >= 11 is 3.89. The van der Waals surface area contributed by atoms with Gasteiger partial charge in [0, 0.05) is 29.5 Å². The minimum atomic E-state index is -0.0835. The van der Waals surface area contributed by atoms with E-state index in [4.69, 9.17) is 4.42 Å². The Kier molecular flexibility index (Phi) is 2.67. The summed E-state index contributed by atoms with van der Waals surface area (Å²) in [7, 11) is 0. The fourth-order valence-corrected chi connectivity index (χ4v) is 2.13. The number of rotatable bonds is 1. The summed E-state index contributed by atoms with van der Waals surface area (Å²) in [6.07, 6.45) is 0. The first-order chi connectivity index (χ1) is 4.61. The molecule has 0 aliphatic rings. The minimum absolute atomic E-state index is 0.0835. The smallest absolute Gasteiger partial charge is 0.258 e. The lowest BCUT2D eigenvalue weighted by molar-refractivity contribution is 0.0984. The van der Waals surface area contributed by atoms with Crippen molar-refractivity contribution in [2.75, 3.05) is 0 Å². The van der Waals surface area contributed by atoms with E-state index >= 15 is 0 Å². The lowest BCUT2D eigenvalue weighted by Gasteiger charge is -1.83. The van der Waals surface area contributed by atoms with Crippen molar-refractivity contribution in [3.8, 4) is 0 Å². The first kappa shape index (κ1) is 8.44. The molecule has 1 aromatic rings. The Bertz CT molecular complexity index is 269. The number of halogens is 2. The van der Waals surface area contributed by atoms with Gasteiger partial charge in [-0.1, -0.05) is 0 Å². The zero-order chi connectivity index (χ0) is 7.72. The maximum absolute atomic E-state index is 10.7. The molecule has 0 aromatic carbocycles. The Morgan fingerprint density at radius 2 is 2.20 bits per heavy atom. The van der Waals surface area contributed by atoms with Gasteiger partial charge in [-0.15, -0.1) is 0 Å². The number of oxazole rings is 1. The van der Waals surface area contributed by atoms with Crippen LogP contribution in [0.4, 0.5) is 0 Å². The van der Waals surface area contributed by atoms with Gasteiger partial charge < -0.3 is 4.42 Å². The molecular formula is C5H3I2NO2. The normalized spacial score (nSPS) is 9.90. The van der Waals surface area contributed by atoms with Crippen molar-refractivity contribution in [2.45, 2.75) is 6.92 Å². The van der Waals surface area contributed by atoms with E-state index in [9.17, 15) is 4.79 Å². The molecule has 5 heteroatoms. The standard InChI is InChI=1S/C5H3I2NO2/c1-2(9)3-4(6)8-5(7)10-3/h1H3. The Balaban J connectivity index is 3.15. The molecule has 0 fully saturated rings. The summed E-state index contributed by atoms with van der Waals surface area (Å²) < 4.78 is 6.13. The molecule has 0 saturated carbocycles. The summed E-state index contributed by atoms with van der Waals surface area (Å²) in [6, 6.07) is 0. The van der Waals surface area contributed by atoms with Gasteiger partial charge in [0.25, 0.3) is 3.90 Å². The Morgan fingerprint density at radius 3 is 2.40 bits per heavy atom. The van der Waals surface area contributed by atoms with Crippen LogP contribution in [0.25, 0.3) is 0 Å². The average Bonchev–Trinajstić information content (AvgIpc) is 2.10. The number of carbonyl (C=O) groups excluding carboxylic acids is 1. The van der Waals surface area contributed by atoms with Crippen molar-refractivity contribution < 1.29 is 9.21 Å². The monoisotopic (exact) mass is 363 g/mol. The van der Waals surface area contributed by atoms with Crippen LogP contribution in [0.2, 0.25) is 0 Å². The molecule has 1 heterocycles. The van der Waals surface area contributed by atoms with Crippen LogP contribution in [0.5, 0.6) is 0 Å². The van der Waals surface area contributed by atoms with Gasteiger partial charge in [0.05, 0.1) is 0 Å². The lowest BCUT2D eigenvalue weighted by Crippen LogP contribution is -1.90. The Hall–Kier alpha value is 0.340. The first-order valence-corrected chi connectivity index (χ1v) is 4.60. The average molecular weight is 363 g/mol. The van der Waals surface area contributed by atoms with E-state index in [0.29, 0.717) is 13.4 Å². The van der Waals surface area contributed by atoms with E-state index in [1.807, 2.05) is 45.2 Å². The zero-order valence-electron chi connectivity index (χ0n) is 5.02. The van der Waals surface area contributed by atoms with Crippen LogP contribution in [0.1, 0.15) is 17.5 Å². The molecule has 3 nitrogen and oxygen atoms in total. The van der Waals surface area contributed by atoms with Gasteiger partial charge in [0.2, 0.25) is 5.76 Å². The molecule has 0 N–H and O–H groups in total. The predicted molar refractivity (Wildman–Crippen MR) is 51.9 cm³/mol. The van der Waals surface area contributed by atoms with Crippen LogP contribution in [-0.2, 0) is 0 Å². The summed E-state index contributed by atoms with van der Waals surface area (Å²) in [4.78, 5) is 14.7. The third-order valence-corrected chi connectivity index (χ3v) is 2.07. The summed E-state index contributed by atoms with van der Waals surface area (Å²) in [5, 5.41) is 0. The molecule has 0 amide bonds. The summed E-state index contributed by atoms with van der Waals surface area (Å²) in [5.41, 5.74) is 0. The van der Waals surface area contributed by atoms with Crippen molar-refractivity contribution in [3.63, 3.8) is 0 Å². The van der Waals surface area contributed by atoms with Crippen molar-refractivity contribution in [2.24, 2.45) is 0 Å². The highest BCUT2D eigenvalue weighted by atomic mass is 127. The van der Waals surface area contributed by atoms with Crippen LogP contribution < -0.4 is 0 Å². The van der Waals surface area contributed by atoms with E-state index in [2.05, 4.69) is 4.98 Å². The fraction of sp³-hybridized carbons (Fsp3) is 0.200. The van der Waals surface area contributed by atoms with E-state index in [0.717, 1.165) is 0 Å². The number of hydrogen-bond donors (Lipinski definition) is 0. The van der Waals surface area contributed by atoms with Crippen molar-refractivity contribution >= 4 is 51.0 Å². The van der Waals surface area contributed by atoms with E-state index in [1.54, 1.807) is 0 Å². The highest BCUT2D eigenvalue weighted by Gasteiger charge is 2.12. The molecule has 0 aliphatic carbocycles. The fourth-order valence-electron chi connectivity index (χ4n) is 0.494. The summed E-state index contributed by atoms with van der Waals surface area (Å²) in [5.74, 6) is 0.268. The molecule has 0 saturated heterocycles. The Labute approximate surface area is 84.9 Å². The number of aromatic nitrogens is 1. The van der Waals surface area contributed by atoms with Crippen molar-refractivity contribution in [1.29, 1.82) is 0 Å². The van der Waals surface area contributed by atoms with Crippen LogP contribution >= 0.6 is 45.2 Å². The minimum Gasteiger partial charge on any atom is -0.427 e. The molecular weight excluding hydrogens is 360 g/mol. The van der Waals surface area contributed by atoms with Crippen LogP contribution in [0.3, 0.4) is 0 Å². The molecule has 0 unspecified atom stereocenters. The highest BCUT2D eigenvalue weighted by molar-refractivity contribution is 14.1. The second kappa shape index (κ2) is 3.16. The van der Waals surface area contributed by atoms with E-state index in [1.165, 1.54) is 6.92 Å². The van der Waals surface area contributed by atoms with Crippen molar-refractivity contribution in [1.82, 2.24) is 4.98 Å². The van der Waals surface area contributed by atoms with Crippen LogP contribution in [0.15, 0.2) is 4.42 Å². The molecule has 1 rings (SSSR count). The highest BCUT2D eigenvalue weighted by Crippen LogP contribution is 2.14. The van der Waals surface area contributed by atoms with Gasteiger partial charge in [-0.3, -0.25) is 4.79 Å². The molecule has 0 radical (unpaired) electrons. The van der Waals surface area contributed by atoms with Gasteiger partial charge in [-0.05, 0) is 22.6 Å². The Morgan fingerprint density at radius 1 is 1.60 bits per heavy atom. The maximum Gasteiger partial charge on any atom is 0.258 e. The number of hydrogen-bond acceptors (Lipinski definition) is 3. The van der Waals surface area contributed by atoms with Crippen molar-refractivity contribution in [3.05, 3.63) is 13.4 Å². The molecule has 54 valence electrons. The molecule has 0 atom stereocenters. The molecule has 0 spiro atoms. The number of carbonyl (C=O) groups is 1. The topological polar surface area (TPSA) is 43.1 Å². The number of ketones is 1. The largest absolute Gasteiger partial charge is 0.427 e. The molecule has 0 aliphatic heterocycles. The third-order valence-electron chi connectivity index (χ3n) is 0.879. The van der Waals surface area contributed by atoms with Gasteiger partial charge >= 0.3 is 0 Å². The lowest BCUT2D eigenvalue weighted by atomic mass is 10.4.